The van der Waals surface area contributed by atoms with Gasteiger partial charge in [-0.15, -0.1) is 11.3 Å². The van der Waals surface area contributed by atoms with Gasteiger partial charge in [0.25, 0.3) is 5.91 Å². The molecular formula is C39H55F2N5O7S. The molecule has 54 heavy (non-hydrogen) atoms. The minimum atomic E-state index is -1.09. The average molecular weight is 776 g/mol. The van der Waals surface area contributed by atoms with Gasteiger partial charge in [-0.2, -0.15) is 0 Å². The highest BCUT2D eigenvalue weighted by Gasteiger charge is 2.38. The molecule has 0 unspecified atom stereocenters. The third-order valence-electron chi connectivity index (χ3n) is 10.4. The molecule has 2 aromatic rings. The zero-order chi connectivity index (χ0) is 39.7. The van der Waals surface area contributed by atoms with Crippen LogP contribution in [0.25, 0.3) is 0 Å². The molecule has 2 aliphatic rings. The Morgan fingerprint density at radius 3 is 2.31 bits per heavy atom. The highest BCUT2D eigenvalue weighted by Crippen LogP contribution is 2.35. The molecule has 1 saturated carbocycles. The number of aromatic nitrogens is 1. The lowest BCUT2D eigenvalue weighted by Gasteiger charge is -2.37. The lowest BCUT2D eigenvalue weighted by Crippen LogP contribution is -2.56. The molecule has 1 aromatic carbocycles. The van der Waals surface area contributed by atoms with Crippen LogP contribution in [0.4, 0.5) is 8.78 Å². The standard InChI is InChI=1S/C39H55F2N5O7S/c1-7-46-13-9-8-10-32(46)36(49)43-30(18-25-11-12-25)38(50)45(6)33(22(2)3)20-34(53-24(5)47)37-44-31(21-54-37)35(48)42-29(14-23(4)39(51)52)17-26-15-27(40)19-28(41)16-26/h15-16,19,21-23,25,29-30,32-34H,7-14,17-18,20H2,1-6H3,(H,42,48)(H,43,49)(H,51,52)/t23-,29+,30-,32+,33+,34+/m0/s1. The molecule has 0 bridgehead atoms. The number of aliphatic carboxylic acids is 1. The van der Waals surface area contributed by atoms with Crippen LogP contribution < -0.4 is 10.6 Å². The fourth-order valence-corrected chi connectivity index (χ4v) is 8.12. The monoisotopic (exact) mass is 775 g/mol. The Morgan fingerprint density at radius 1 is 1.04 bits per heavy atom. The predicted molar refractivity (Wildman–Crippen MR) is 200 cm³/mol. The van der Waals surface area contributed by atoms with Crippen molar-refractivity contribution in [3.05, 3.63) is 51.5 Å². The fraction of sp³-hybridized carbons (Fsp3) is 0.641. The second-order valence-electron chi connectivity index (χ2n) is 15.2. The van der Waals surface area contributed by atoms with Gasteiger partial charge in [0.15, 0.2) is 6.10 Å². The van der Waals surface area contributed by atoms with Crippen molar-refractivity contribution in [2.45, 2.75) is 123 Å². The summed E-state index contributed by atoms with van der Waals surface area (Å²) in [6, 6.07) is 0.795. The normalized spacial score (nSPS) is 18.9. The number of esters is 1. The van der Waals surface area contributed by atoms with Gasteiger partial charge in [0.05, 0.1) is 12.0 Å². The zero-order valence-electron chi connectivity index (χ0n) is 32.1. The van der Waals surface area contributed by atoms with Gasteiger partial charge < -0.3 is 25.4 Å². The Balaban J connectivity index is 1.51. The van der Waals surface area contributed by atoms with Crippen LogP contribution in [0.5, 0.6) is 0 Å². The maximum absolute atomic E-state index is 14.2. The molecule has 1 aliphatic heterocycles. The Morgan fingerprint density at radius 2 is 1.72 bits per heavy atom. The van der Waals surface area contributed by atoms with Crippen LogP contribution in [0.2, 0.25) is 0 Å². The molecule has 1 aromatic heterocycles. The number of hydrogen-bond donors (Lipinski definition) is 3. The second-order valence-corrected chi connectivity index (χ2v) is 16.1. The number of carboxylic acid groups (broad SMARTS) is 1. The van der Waals surface area contributed by atoms with E-state index in [4.69, 9.17) is 4.74 Å². The van der Waals surface area contributed by atoms with E-state index in [9.17, 15) is 37.9 Å². The van der Waals surface area contributed by atoms with Crippen LogP contribution >= 0.6 is 11.3 Å². The van der Waals surface area contributed by atoms with Crippen molar-refractivity contribution >= 4 is 41.0 Å². The van der Waals surface area contributed by atoms with Crippen LogP contribution in [0.3, 0.4) is 0 Å². The van der Waals surface area contributed by atoms with Crippen molar-refractivity contribution in [2.24, 2.45) is 17.8 Å². The highest BCUT2D eigenvalue weighted by molar-refractivity contribution is 7.09. The highest BCUT2D eigenvalue weighted by atomic mass is 32.1. The molecule has 12 nitrogen and oxygen atoms in total. The Labute approximate surface area is 320 Å². The Bertz CT molecular complexity index is 1620. The van der Waals surface area contributed by atoms with Crippen LogP contribution in [-0.2, 0) is 30.3 Å². The van der Waals surface area contributed by atoms with Crippen molar-refractivity contribution in [2.75, 3.05) is 20.1 Å². The quantitative estimate of drug-likeness (QED) is 0.157. The maximum atomic E-state index is 14.2. The summed E-state index contributed by atoms with van der Waals surface area (Å²) >= 11 is 1.10. The van der Waals surface area contributed by atoms with Gasteiger partial charge in [0, 0.05) is 43.9 Å². The van der Waals surface area contributed by atoms with E-state index in [1.54, 1.807) is 11.9 Å². The third-order valence-corrected chi connectivity index (χ3v) is 11.3. The number of rotatable bonds is 19. The van der Waals surface area contributed by atoms with Crippen LogP contribution in [0.15, 0.2) is 23.6 Å². The number of hydrogen-bond acceptors (Lipinski definition) is 9. The van der Waals surface area contributed by atoms with E-state index in [-0.39, 0.29) is 54.3 Å². The minimum Gasteiger partial charge on any atom is -0.481 e. The number of thiazole rings is 1. The summed E-state index contributed by atoms with van der Waals surface area (Å²) in [7, 11) is 1.70. The lowest BCUT2D eigenvalue weighted by atomic mass is 9.95. The van der Waals surface area contributed by atoms with Gasteiger partial charge in [-0.05, 0) is 74.7 Å². The number of benzene rings is 1. The number of ether oxygens (including phenoxy) is 1. The van der Waals surface area contributed by atoms with Crippen molar-refractivity contribution in [3.63, 3.8) is 0 Å². The van der Waals surface area contributed by atoms with E-state index in [1.807, 2.05) is 20.8 Å². The van der Waals surface area contributed by atoms with Gasteiger partial charge in [-0.1, -0.05) is 47.0 Å². The van der Waals surface area contributed by atoms with Crippen molar-refractivity contribution in [1.29, 1.82) is 0 Å². The number of carboxylic acids is 1. The number of nitrogens with one attached hydrogen (secondary N) is 2. The summed E-state index contributed by atoms with van der Waals surface area (Å²) in [6.45, 7) is 10.3. The van der Waals surface area contributed by atoms with Crippen molar-refractivity contribution in [1.82, 2.24) is 25.4 Å². The van der Waals surface area contributed by atoms with E-state index in [1.165, 1.54) is 19.2 Å². The molecule has 6 atom stereocenters. The van der Waals surface area contributed by atoms with Gasteiger partial charge in [-0.3, -0.25) is 28.9 Å². The average Bonchev–Trinajstić information content (AvgIpc) is 3.78. The number of carbonyl (C=O) groups is 5. The molecular weight excluding hydrogens is 721 g/mol. The second kappa shape index (κ2) is 19.6. The summed E-state index contributed by atoms with van der Waals surface area (Å²) in [4.78, 5) is 73.5. The molecule has 2 fully saturated rings. The number of likely N-dealkylation sites (tertiary alicyclic amines) is 1. The number of nitrogens with zero attached hydrogens (tertiary/aromatic N) is 3. The molecule has 3 N–H and O–H groups in total. The molecule has 1 saturated heterocycles. The summed E-state index contributed by atoms with van der Waals surface area (Å²) < 4.78 is 33.6. The first-order valence-electron chi connectivity index (χ1n) is 19.0. The zero-order valence-corrected chi connectivity index (χ0v) is 32.9. The van der Waals surface area contributed by atoms with E-state index in [2.05, 4.69) is 20.5 Å². The van der Waals surface area contributed by atoms with E-state index < -0.39 is 59.6 Å². The van der Waals surface area contributed by atoms with E-state index in [0.29, 0.717) is 17.3 Å². The van der Waals surface area contributed by atoms with E-state index in [0.717, 1.165) is 74.7 Å². The van der Waals surface area contributed by atoms with Gasteiger partial charge in [0.1, 0.15) is 28.4 Å². The first kappa shape index (κ1) is 42.8. The summed E-state index contributed by atoms with van der Waals surface area (Å²) in [5.41, 5.74) is 0.241. The lowest BCUT2D eigenvalue weighted by molar-refractivity contribution is -0.149. The minimum absolute atomic E-state index is 0.00729. The topological polar surface area (TPSA) is 158 Å². The number of piperidine rings is 1. The molecule has 3 amide bonds. The SMILES string of the molecule is CCN1CCCC[C@@H]1C(=O)N[C@@H](CC1CC1)C(=O)N(C)[C@H](C[C@@H](OC(C)=O)c1nc(C(=O)N[C@@H](Cc2cc(F)cc(F)c2)C[C@H](C)C(=O)O)cs1)C(C)C. The molecule has 298 valence electrons. The van der Waals surface area contributed by atoms with Crippen LogP contribution in [-0.4, -0.2) is 93.9 Å². The Hall–Kier alpha value is -3.98. The summed E-state index contributed by atoms with van der Waals surface area (Å²) in [6.07, 6.45) is 4.56. The first-order chi connectivity index (χ1) is 25.6. The van der Waals surface area contributed by atoms with Crippen LogP contribution in [0.1, 0.15) is 113 Å². The predicted octanol–water partition coefficient (Wildman–Crippen LogP) is 5.51. The number of carbonyl (C=O) groups excluding carboxylic acids is 4. The molecule has 15 heteroatoms. The summed E-state index contributed by atoms with van der Waals surface area (Å²) in [5, 5.41) is 17.2. The number of likely N-dealkylation sites (N-methyl/N-ethyl adjacent to an activating group) is 2. The summed E-state index contributed by atoms with van der Waals surface area (Å²) in [5.74, 6) is -4.80. The number of halogens is 2. The van der Waals surface area contributed by atoms with E-state index >= 15 is 0 Å². The smallest absolute Gasteiger partial charge is 0.306 e. The van der Waals surface area contributed by atoms with Gasteiger partial charge >= 0.3 is 11.9 Å². The van der Waals surface area contributed by atoms with Crippen molar-refractivity contribution < 1.29 is 42.6 Å². The van der Waals surface area contributed by atoms with Gasteiger partial charge in [0.2, 0.25) is 11.8 Å². The molecule has 4 rings (SSSR count). The molecule has 0 spiro atoms. The molecule has 2 heterocycles. The van der Waals surface area contributed by atoms with Gasteiger partial charge in [-0.25, -0.2) is 13.8 Å². The fourth-order valence-electron chi connectivity index (χ4n) is 7.28. The first-order valence-corrected chi connectivity index (χ1v) is 19.9. The molecule has 1 aliphatic carbocycles. The molecule has 0 radical (unpaired) electrons. The third kappa shape index (κ3) is 12.3. The van der Waals surface area contributed by atoms with Crippen LogP contribution in [0, 0.1) is 29.4 Å². The maximum Gasteiger partial charge on any atom is 0.306 e. The number of amides is 3. The Kier molecular flexibility index (Phi) is 15.5. The largest absolute Gasteiger partial charge is 0.481 e. The van der Waals surface area contributed by atoms with Crippen molar-refractivity contribution in [3.8, 4) is 0 Å².